The van der Waals surface area contributed by atoms with E-state index in [1.807, 2.05) is 0 Å². The Bertz CT molecular complexity index is 1740. The predicted molar refractivity (Wildman–Crippen MR) is 221 cm³/mol. The van der Waals surface area contributed by atoms with Crippen LogP contribution in [0.15, 0.2) is 97.1 Å². The maximum absolute atomic E-state index is 5.30. The standard InChI is InChI=1S/C44H48N6/c1-47(2)41-21-13-9-17-33(41)25-29-37-38(30-26-34-18-10-14-22-42(34)48(3)4)46-40(32-28-36-20-12-16-24-44(36)50(7)8)39(45-37)31-27-35-19-11-15-23-43(35)49(5)6/h9-32H,1-8H3/b29-25+,30-26+,31-27+,32-28+. The molecule has 0 aliphatic carbocycles. The van der Waals surface area contributed by atoms with E-state index in [2.05, 4.69) is 222 Å². The molecular weight excluding hydrogens is 613 g/mol. The van der Waals surface area contributed by atoms with E-state index < -0.39 is 0 Å². The number of rotatable bonds is 12. The van der Waals surface area contributed by atoms with E-state index >= 15 is 0 Å². The van der Waals surface area contributed by atoms with E-state index in [0.29, 0.717) is 0 Å². The van der Waals surface area contributed by atoms with Crippen LogP contribution >= 0.6 is 0 Å². The number of hydrogen-bond donors (Lipinski definition) is 0. The van der Waals surface area contributed by atoms with Crippen LogP contribution in [-0.4, -0.2) is 66.3 Å². The predicted octanol–water partition coefficient (Wildman–Crippen LogP) is 9.42. The Labute approximate surface area is 298 Å². The summed E-state index contributed by atoms with van der Waals surface area (Å²) in [6, 6.07) is 33.5. The van der Waals surface area contributed by atoms with Gasteiger partial charge in [0, 0.05) is 79.1 Å². The Morgan fingerprint density at radius 3 is 0.700 bits per heavy atom. The summed E-state index contributed by atoms with van der Waals surface area (Å²) in [5.41, 5.74) is 12.1. The fourth-order valence-electron chi connectivity index (χ4n) is 5.80. The van der Waals surface area contributed by atoms with Gasteiger partial charge in [0.15, 0.2) is 0 Å². The summed E-state index contributed by atoms with van der Waals surface area (Å²) in [6.45, 7) is 0. The zero-order chi connectivity index (χ0) is 35.6. The third-order valence-corrected chi connectivity index (χ3v) is 8.36. The molecule has 0 N–H and O–H groups in total. The number of para-hydroxylation sites is 4. The Balaban J connectivity index is 1.71. The van der Waals surface area contributed by atoms with Crippen LogP contribution in [0.1, 0.15) is 45.0 Å². The molecule has 0 atom stereocenters. The van der Waals surface area contributed by atoms with Crippen LogP contribution in [-0.2, 0) is 0 Å². The molecule has 1 heterocycles. The molecular formula is C44H48N6. The Hall–Kier alpha value is -5.88. The quantitative estimate of drug-likeness (QED) is 0.133. The molecule has 1 aromatic heterocycles. The minimum Gasteiger partial charge on any atom is -0.377 e. The van der Waals surface area contributed by atoms with Crippen molar-refractivity contribution in [1.29, 1.82) is 0 Å². The molecule has 5 aromatic rings. The molecule has 0 radical (unpaired) electrons. The highest BCUT2D eigenvalue weighted by molar-refractivity contribution is 5.86. The van der Waals surface area contributed by atoms with Gasteiger partial charge in [-0.2, -0.15) is 0 Å². The van der Waals surface area contributed by atoms with Crippen LogP contribution < -0.4 is 19.6 Å². The van der Waals surface area contributed by atoms with Gasteiger partial charge in [-0.3, -0.25) is 0 Å². The molecule has 0 fully saturated rings. The summed E-state index contributed by atoms with van der Waals surface area (Å²) in [4.78, 5) is 19.1. The lowest BCUT2D eigenvalue weighted by molar-refractivity contribution is 1.12. The highest BCUT2D eigenvalue weighted by Gasteiger charge is 2.11. The first kappa shape index (κ1) is 35.4. The molecule has 50 heavy (non-hydrogen) atoms. The van der Waals surface area contributed by atoms with Crippen molar-refractivity contribution in [3.05, 3.63) is 142 Å². The van der Waals surface area contributed by atoms with Gasteiger partial charge in [-0.1, -0.05) is 97.1 Å². The van der Waals surface area contributed by atoms with Gasteiger partial charge >= 0.3 is 0 Å². The van der Waals surface area contributed by atoms with Gasteiger partial charge < -0.3 is 19.6 Å². The number of hydrogen-bond acceptors (Lipinski definition) is 6. The summed E-state index contributed by atoms with van der Waals surface area (Å²) in [5.74, 6) is 0. The Kier molecular flexibility index (Phi) is 11.7. The largest absolute Gasteiger partial charge is 0.377 e. The molecule has 0 aliphatic heterocycles. The first-order valence-electron chi connectivity index (χ1n) is 16.8. The zero-order valence-corrected chi connectivity index (χ0v) is 30.5. The summed E-state index contributed by atoms with van der Waals surface area (Å²) in [5, 5.41) is 0. The summed E-state index contributed by atoms with van der Waals surface area (Å²) < 4.78 is 0. The van der Waals surface area contributed by atoms with E-state index in [9.17, 15) is 0 Å². The Morgan fingerprint density at radius 1 is 0.300 bits per heavy atom. The second-order valence-electron chi connectivity index (χ2n) is 12.9. The molecule has 6 heteroatoms. The molecule has 0 saturated heterocycles. The number of anilines is 4. The SMILES string of the molecule is CN(C)c1ccccc1/C=C/c1nc(/C=C/c2ccccc2N(C)C)c(/C=C/c2ccccc2N(C)C)nc1/C=C/c1ccccc1N(C)C. The van der Waals surface area contributed by atoms with Gasteiger partial charge in [-0.15, -0.1) is 0 Å². The second kappa shape index (κ2) is 16.5. The normalized spacial score (nSPS) is 11.7. The molecule has 0 unspecified atom stereocenters. The molecule has 0 spiro atoms. The number of aromatic nitrogens is 2. The van der Waals surface area contributed by atoms with Gasteiger partial charge in [0.05, 0.1) is 22.8 Å². The van der Waals surface area contributed by atoms with Crippen molar-refractivity contribution >= 4 is 71.4 Å². The van der Waals surface area contributed by atoms with Crippen molar-refractivity contribution in [2.75, 3.05) is 76.0 Å². The molecule has 0 aliphatic rings. The van der Waals surface area contributed by atoms with Gasteiger partial charge in [0.2, 0.25) is 0 Å². The van der Waals surface area contributed by atoms with Gasteiger partial charge in [0.25, 0.3) is 0 Å². The van der Waals surface area contributed by atoms with E-state index in [-0.39, 0.29) is 0 Å². The maximum atomic E-state index is 5.30. The van der Waals surface area contributed by atoms with Crippen LogP contribution in [0.25, 0.3) is 48.6 Å². The molecule has 6 nitrogen and oxygen atoms in total. The van der Waals surface area contributed by atoms with Crippen LogP contribution in [0.4, 0.5) is 22.7 Å². The molecule has 254 valence electrons. The Morgan fingerprint density at radius 2 is 0.500 bits per heavy atom. The van der Waals surface area contributed by atoms with Crippen LogP contribution in [0.2, 0.25) is 0 Å². The minimum atomic E-state index is 0.781. The third-order valence-electron chi connectivity index (χ3n) is 8.36. The molecule has 0 amide bonds. The van der Waals surface area contributed by atoms with Crippen molar-refractivity contribution in [2.45, 2.75) is 0 Å². The number of benzene rings is 4. The van der Waals surface area contributed by atoms with Gasteiger partial charge in [0.1, 0.15) is 0 Å². The molecule has 0 bridgehead atoms. The van der Waals surface area contributed by atoms with Crippen molar-refractivity contribution in [3.8, 4) is 0 Å². The van der Waals surface area contributed by atoms with E-state index in [4.69, 9.17) is 9.97 Å². The van der Waals surface area contributed by atoms with Crippen molar-refractivity contribution in [2.24, 2.45) is 0 Å². The van der Waals surface area contributed by atoms with E-state index in [1.54, 1.807) is 0 Å². The van der Waals surface area contributed by atoms with Crippen molar-refractivity contribution < 1.29 is 0 Å². The fraction of sp³-hybridized carbons (Fsp3) is 0.182. The smallest absolute Gasteiger partial charge is 0.0894 e. The second-order valence-corrected chi connectivity index (χ2v) is 12.9. The lowest BCUT2D eigenvalue weighted by Gasteiger charge is -2.16. The van der Waals surface area contributed by atoms with E-state index in [0.717, 1.165) is 67.8 Å². The monoisotopic (exact) mass is 660 g/mol. The summed E-state index contributed by atoms with van der Waals surface area (Å²) in [6.07, 6.45) is 16.8. The number of nitrogens with zero attached hydrogens (tertiary/aromatic N) is 6. The van der Waals surface area contributed by atoms with Gasteiger partial charge in [-0.05, 0) is 70.8 Å². The average Bonchev–Trinajstić information content (AvgIpc) is 3.12. The lowest BCUT2D eigenvalue weighted by atomic mass is 10.1. The molecule has 5 rings (SSSR count). The third kappa shape index (κ3) is 8.77. The first-order valence-corrected chi connectivity index (χ1v) is 16.8. The van der Waals surface area contributed by atoms with Crippen LogP contribution in [0.5, 0.6) is 0 Å². The molecule has 0 saturated carbocycles. The average molecular weight is 661 g/mol. The van der Waals surface area contributed by atoms with Crippen LogP contribution in [0, 0.1) is 0 Å². The molecule has 4 aromatic carbocycles. The lowest BCUT2D eigenvalue weighted by Crippen LogP contribution is -2.10. The summed E-state index contributed by atoms with van der Waals surface area (Å²) >= 11 is 0. The van der Waals surface area contributed by atoms with Crippen molar-refractivity contribution in [1.82, 2.24) is 9.97 Å². The highest BCUT2D eigenvalue weighted by atomic mass is 15.1. The van der Waals surface area contributed by atoms with Crippen molar-refractivity contribution in [3.63, 3.8) is 0 Å². The maximum Gasteiger partial charge on any atom is 0.0894 e. The fourth-order valence-corrected chi connectivity index (χ4v) is 5.80. The zero-order valence-electron chi connectivity index (χ0n) is 30.5. The van der Waals surface area contributed by atoms with E-state index in [1.165, 1.54) is 0 Å². The first-order chi connectivity index (χ1) is 24.1. The highest BCUT2D eigenvalue weighted by Crippen LogP contribution is 2.27. The van der Waals surface area contributed by atoms with Crippen LogP contribution in [0.3, 0.4) is 0 Å². The summed E-state index contributed by atoms with van der Waals surface area (Å²) in [7, 11) is 16.5. The van der Waals surface area contributed by atoms with Gasteiger partial charge in [-0.25, -0.2) is 9.97 Å². The minimum absolute atomic E-state index is 0.781. The topological polar surface area (TPSA) is 38.7 Å².